The second-order valence-corrected chi connectivity index (χ2v) is 5.30. The minimum Gasteiger partial charge on any atom is -0.370 e. The summed E-state index contributed by atoms with van der Waals surface area (Å²) in [5.74, 6) is 0.688. The number of nitrogens with zero attached hydrogens (tertiary/aromatic N) is 2. The van der Waals surface area contributed by atoms with Crippen LogP contribution in [0.2, 0.25) is 0 Å². The van der Waals surface area contributed by atoms with Gasteiger partial charge in [-0.2, -0.15) is 0 Å². The minimum atomic E-state index is 0.304. The highest BCUT2D eigenvalue weighted by molar-refractivity contribution is 5.80. The molecule has 0 amide bonds. The van der Waals surface area contributed by atoms with E-state index >= 15 is 0 Å². The fourth-order valence-electron chi connectivity index (χ4n) is 2.71. The molecular formula is C15H23N3. The first-order valence-corrected chi connectivity index (χ1v) is 6.69. The Morgan fingerprint density at radius 2 is 1.94 bits per heavy atom. The monoisotopic (exact) mass is 245 g/mol. The summed E-state index contributed by atoms with van der Waals surface area (Å²) in [4.78, 5) is 6.68. The topological polar surface area (TPSA) is 41.6 Å². The van der Waals surface area contributed by atoms with E-state index in [0.29, 0.717) is 18.0 Å². The van der Waals surface area contributed by atoms with Gasteiger partial charge in [0, 0.05) is 6.04 Å². The molecule has 2 atom stereocenters. The third-order valence-electron chi connectivity index (χ3n) is 3.72. The molecule has 0 aromatic heterocycles. The zero-order chi connectivity index (χ0) is 13.3. The average molecular weight is 245 g/mol. The van der Waals surface area contributed by atoms with Crippen molar-refractivity contribution < 1.29 is 0 Å². The molecule has 2 rings (SSSR count). The molecule has 98 valence electrons. The molecule has 0 fully saturated rings. The van der Waals surface area contributed by atoms with Crippen LogP contribution in [0.5, 0.6) is 0 Å². The van der Waals surface area contributed by atoms with Crippen LogP contribution >= 0.6 is 0 Å². The quantitative estimate of drug-likeness (QED) is 0.889. The summed E-state index contributed by atoms with van der Waals surface area (Å²) in [6, 6.07) is 7.44. The van der Waals surface area contributed by atoms with Crippen LogP contribution in [0.25, 0.3) is 0 Å². The second-order valence-electron chi connectivity index (χ2n) is 5.30. The lowest BCUT2D eigenvalue weighted by Crippen LogP contribution is -2.42. The van der Waals surface area contributed by atoms with Crippen LogP contribution in [0.3, 0.4) is 0 Å². The van der Waals surface area contributed by atoms with Gasteiger partial charge in [-0.25, -0.2) is 0 Å². The molecule has 3 nitrogen and oxygen atoms in total. The number of guanidine groups is 1. The highest BCUT2D eigenvalue weighted by atomic mass is 15.3. The molecule has 0 bridgehead atoms. The van der Waals surface area contributed by atoms with Crippen molar-refractivity contribution in [2.45, 2.75) is 46.2 Å². The molecule has 0 saturated carbocycles. The summed E-state index contributed by atoms with van der Waals surface area (Å²) in [6.07, 6.45) is 1.08. The third-order valence-corrected chi connectivity index (χ3v) is 3.72. The SMILES string of the molecule is CCC(C)N1C(N)=NCC1c1cc(C)cc(C)c1. The summed E-state index contributed by atoms with van der Waals surface area (Å²) >= 11 is 0. The number of aliphatic imine (C=N–C) groups is 1. The molecule has 1 aliphatic heterocycles. The highest BCUT2D eigenvalue weighted by Crippen LogP contribution is 2.29. The van der Waals surface area contributed by atoms with Gasteiger partial charge in [0.05, 0.1) is 12.6 Å². The number of hydrogen-bond acceptors (Lipinski definition) is 3. The standard InChI is InChI=1S/C15H23N3/c1-5-12(4)18-14(9-17-15(18)16)13-7-10(2)6-11(3)8-13/h6-8,12,14H,5,9H2,1-4H3,(H2,16,17). The number of hydrogen-bond donors (Lipinski definition) is 1. The molecule has 0 aliphatic carbocycles. The van der Waals surface area contributed by atoms with Crippen LogP contribution in [-0.4, -0.2) is 23.4 Å². The first kappa shape index (κ1) is 12.9. The number of benzene rings is 1. The molecule has 0 spiro atoms. The Kier molecular flexibility index (Phi) is 3.60. The molecule has 1 aromatic carbocycles. The van der Waals surface area contributed by atoms with Crippen molar-refractivity contribution in [3.05, 3.63) is 34.9 Å². The Hall–Kier alpha value is -1.51. The van der Waals surface area contributed by atoms with E-state index in [1.807, 2.05) is 0 Å². The van der Waals surface area contributed by atoms with E-state index in [1.165, 1.54) is 16.7 Å². The molecule has 0 saturated heterocycles. The fourth-order valence-corrected chi connectivity index (χ4v) is 2.71. The molecule has 18 heavy (non-hydrogen) atoms. The molecular weight excluding hydrogens is 222 g/mol. The molecule has 0 radical (unpaired) electrons. The lowest BCUT2D eigenvalue weighted by molar-refractivity contribution is 0.268. The van der Waals surface area contributed by atoms with Crippen LogP contribution < -0.4 is 5.73 Å². The van der Waals surface area contributed by atoms with Crippen molar-refractivity contribution in [2.75, 3.05) is 6.54 Å². The number of rotatable bonds is 3. The van der Waals surface area contributed by atoms with Crippen molar-refractivity contribution in [1.29, 1.82) is 0 Å². The fraction of sp³-hybridized carbons (Fsp3) is 0.533. The van der Waals surface area contributed by atoms with E-state index in [2.05, 4.69) is 55.8 Å². The molecule has 2 unspecified atom stereocenters. The maximum absolute atomic E-state index is 6.04. The van der Waals surface area contributed by atoms with Gasteiger partial charge >= 0.3 is 0 Å². The van der Waals surface area contributed by atoms with Gasteiger partial charge < -0.3 is 10.6 Å². The molecule has 2 N–H and O–H groups in total. The predicted octanol–water partition coefficient (Wildman–Crippen LogP) is 2.77. The maximum atomic E-state index is 6.04. The van der Waals surface area contributed by atoms with Gasteiger partial charge in [-0.05, 0) is 32.8 Å². The zero-order valence-electron chi connectivity index (χ0n) is 11.8. The van der Waals surface area contributed by atoms with Crippen LogP contribution in [0.1, 0.15) is 43.0 Å². The van der Waals surface area contributed by atoms with Gasteiger partial charge in [0.2, 0.25) is 0 Å². The van der Waals surface area contributed by atoms with Crippen molar-refractivity contribution in [1.82, 2.24) is 4.90 Å². The Labute approximate surface area is 110 Å². The van der Waals surface area contributed by atoms with Crippen molar-refractivity contribution in [3.8, 4) is 0 Å². The van der Waals surface area contributed by atoms with Crippen LogP contribution in [0, 0.1) is 13.8 Å². The normalized spacial score (nSPS) is 21.0. The molecule has 1 heterocycles. The zero-order valence-corrected chi connectivity index (χ0v) is 11.8. The van der Waals surface area contributed by atoms with Gasteiger partial charge in [-0.3, -0.25) is 4.99 Å². The Morgan fingerprint density at radius 3 is 2.50 bits per heavy atom. The lowest BCUT2D eigenvalue weighted by Gasteiger charge is -2.32. The minimum absolute atomic E-state index is 0.304. The van der Waals surface area contributed by atoms with Gasteiger partial charge in [0.25, 0.3) is 0 Å². The molecule has 3 heteroatoms. The van der Waals surface area contributed by atoms with E-state index in [1.54, 1.807) is 0 Å². The highest BCUT2D eigenvalue weighted by Gasteiger charge is 2.30. The largest absolute Gasteiger partial charge is 0.370 e. The summed E-state index contributed by atoms with van der Waals surface area (Å²) in [6.45, 7) is 9.46. The maximum Gasteiger partial charge on any atom is 0.192 e. The van der Waals surface area contributed by atoms with Crippen LogP contribution in [-0.2, 0) is 0 Å². The van der Waals surface area contributed by atoms with Crippen LogP contribution in [0.4, 0.5) is 0 Å². The van der Waals surface area contributed by atoms with Crippen molar-refractivity contribution in [3.63, 3.8) is 0 Å². The molecule has 1 aliphatic rings. The summed E-state index contributed by atoms with van der Waals surface area (Å²) in [5.41, 5.74) is 9.98. The number of aryl methyl sites for hydroxylation is 2. The Morgan fingerprint density at radius 1 is 1.33 bits per heavy atom. The van der Waals surface area contributed by atoms with Crippen molar-refractivity contribution >= 4 is 5.96 Å². The summed E-state index contributed by atoms with van der Waals surface area (Å²) in [5, 5.41) is 0. The average Bonchev–Trinajstić information content (AvgIpc) is 2.69. The van der Waals surface area contributed by atoms with E-state index in [0.717, 1.165) is 13.0 Å². The van der Waals surface area contributed by atoms with Gasteiger partial charge in [0.1, 0.15) is 0 Å². The lowest BCUT2D eigenvalue weighted by atomic mass is 9.99. The smallest absolute Gasteiger partial charge is 0.192 e. The van der Waals surface area contributed by atoms with E-state index in [4.69, 9.17) is 5.73 Å². The Balaban J connectivity index is 2.32. The first-order valence-electron chi connectivity index (χ1n) is 6.69. The molecule has 1 aromatic rings. The van der Waals surface area contributed by atoms with Gasteiger partial charge in [-0.15, -0.1) is 0 Å². The van der Waals surface area contributed by atoms with Crippen LogP contribution in [0.15, 0.2) is 23.2 Å². The Bertz CT molecular complexity index is 445. The second kappa shape index (κ2) is 5.01. The first-order chi connectivity index (χ1) is 8.52. The van der Waals surface area contributed by atoms with E-state index < -0.39 is 0 Å². The van der Waals surface area contributed by atoms with Gasteiger partial charge in [0.15, 0.2) is 5.96 Å². The van der Waals surface area contributed by atoms with Crippen molar-refractivity contribution in [2.24, 2.45) is 10.7 Å². The third kappa shape index (κ3) is 2.35. The number of nitrogens with two attached hydrogens (primary N) is 1. The van der Waals surface area contributed by atoms with Gasteiger partial charge in [-0.1, -0.05) is 36.2 Å². The predicted molar refractivity (Wildman–Crippen MR) is 76.7 cm³/mol. The summed E-state index contributed by atoms with van der Waals surface area (Å²) in [7, 11) is 0. The van der Waals surface area contributed by atoms with E-state index in [-0.39, 0.29) is 0 Å². The van der Waals surface area contributed by atoms with E-state index in [9.17, 15) is 0 Å². The summed E-state index contributed by atoms with van der Waals surface area (Å²) < 4.78 is 0.